The molecule has 0 radical (unpaired) electrons. The number of para-hydroxylation sites is 1. The number of carbonyl (C=O) groups excluding carboxylic acids is 2. The van der Waals surface area contributed by atoms with E-state index in [0.29, 0.717) is 24.0 Å². The van der Waals surface area contributed by atoms with Crippen LogP contribution in [-0.2, 0) is 16.0 Å². The first kappa shape index (κ1) is 28.4. The highest BCUT2D eigenvalue weighted by atomic mass is 32.2. The van der Waals surface area contributed by atoms with Crippen molar-refractivity contribution in [3.05, 3.63) is 90.5 Å². The molecular formula is C32H37N3O3S. The third-order valence-corrected chi connectivity index (χ3v) is 7.68. The standard InChI is InChI=1S/C32H37N3O3S/c1-2-3-4-11-23-38-28-20-18-27(19-21-28)33-31(37)29-24-30(36)35(22-12-15-25-13-7-5-8-14-25)32(39-29)34-26-16-9-6-10-17-26/h5-10,13-14,16-21,29H,2-4,11-12,15,22-24H2,1H3,(H,33,37). The van der Waals surface area contributed by atoms with Crippen LogP contribution in [-0.4, -0.2) is 40.3 Å². The molecule has 0 aromatic heterocycles. The van der Waals surface area contributed by atoms with Crippen molar-refractivity contribution in [1.82, 2.24) is 4.90 Å². The Labute approximate surface area is 235 Å². The molecule has 2 amide bonds. The minimum absolute atomic E-state index is 0.0801. The molecule has 1 N–H and O–H groups in total. The average molecular weight is 544 g/mol. The predicted octanol–water partition coefficient (Wildman–Crippen LogP) is 7.24. The Kier molecular flexibility index (Phi) is 11.0. The largest absolute Gasteiger partial charge is 0.494 e. The van der Waals surface area contributed by atoms with Crippen molar-refractivity contribution in [1.29, 1.82) is 0 Å². The number of aryl methyl sites for hydroxylation is 1. The van der Waals surface area contributed by atoms with Crippen LogP contribution in [0.3, 0.4) is 0 Å². The van der Waals surface area contributed by atoms with Gasteiger partial charge in [-0.05, 0) is 61.2 Å². The van der Waals surface area contributed by atoms with Crippen molar-refractivity contribution in [2.24, 2.45) is 4.99 Å². The van der Waals surface area contributed by atoms with E-state index in [1.54, 1.807) is 4.90 Å². The van der Waals surface area contributed by atoms with E-state index in [-0.39, 0.29) is 18.2 Å². The van der Waals surface area contributed by atoms with Gasteiger partial charge in [-0.3, -0.25) is 14.5 Å². The minimum atomic E-state index is -0.556. The number of anilines is 1. The molecule has 0 bridgehead atoms. The van der Waals surface area contributed by atoms with Crippen molar-refractivity contribution in [2.75, 3.05) is 18.5 Å². The van der Waals surface area contributed by atoms with Crippen LogP contribution < -0.4 is 10.1 Å². The number of nitrogens with zero attached hydrogens (tertiary/aromatic N) is 2. The zero-order valence-electron chi connectivity index (χ0n) is 22.6. The molecule has 204 valence electrons. The van der Waals surface area contributed by atoms with Crippen LogP contribution in [0.1, 0.15) is 51.0 Å². The first-order valence-corrected chi connectivity index (χ1v) is 14.7. The van der Waals surface area contributed by atoms with Crippen LogP contribution in [0.25, 0.3) is 0 Å². The monoisotopic (exact) mass is 543 g/mol. The number of amidine groups is 1. The molecule has 0 spiro atoms. The van der Waals surface area contributed by atoms with Gasteiger partial charge in [-0.2, -0.15) is 0 Å². The number of ether oxygens (including phenoxy) is 1. The summed E-state index contributed by atoms with van der Waals surface area (Å²) in [6, 6.07) is 27.2. The van der Waals surface area contributed by atoms with Crippen molar-refractivity contribution in [3.63, 3.8) is 0 Å². The maximum atomic E-state index is 13.3. The Balaban J connectivity index is 1.37. The Morgan fingerprint density at radius 2 is 1.67 bits per heavy atom. The highest BCUT2D eigenvalue weighted by Crippen LogP contribution is 2.30. The lowest BCUT2D eigenvalue weighted by Crippen LogP contribution is -2.45. The van der Waals surface area contributed by atoms with E-state index < -0.39 is 5.25 Å². The number of rotatable bonds is 13. The second-order valence-electron chi connectivity index (χ2n) is 9.60. The quantitative estimate of drug-likeness (QED) is 0.231. The van der Waals surface area contributed by atoms with E-state index in [9.17, 15) is 9.59 Å². The van der Waals surface area contributed by atoms with Crippen molar-refractivity contribution in [3.8, 4) is 5.75 Å². The molecule has 3 aromatic rings. The average Bonchev–Trinajstić information content (AvgIpc) is 2.96. The van der Waals surface area contributed by atoms with Gasteiger partial charge in [0, 0.05) is 18.7 Å². The summed E-state index contributed by atoms with van der Waals surface area (Å²) in [6.45, 7) is 3.44. The van der Waals surface area contributed by atoms with Gasteiger partial charge in [0.25, 0.3) is 0 Å². The first-order valence-electron chi connectivity index (χ1n) is 13.8. The van der Waals surface area contributed by atoms with Gasteiger partial charge in [0.15, 0.2) is 5.17 Å². The van der Waals surface area contributed by atoms with Gasteiger partial charge in [0.05, 0.1) is 12.3 Å². The molecule has 1 saturated heterocycles. The van der Waals surface area contributed by atoms with Gasteiger partial charge >= 0.3 is 0 Å². The van der Waals surface area contributed by atoms with Crippen LogP contribution in [0.2, 0.25) is 0 Å². The zero-order valence-corrected chi connectivity index (χ0v) is 23.4. The summed E-state index contributed by atoms with van der Waals surface area (Å²) in [5.74, 6) is 0.505. The number of nitrogens with one attached hydrogen (secondary N) is 1. The van der Waals surface area contributed by atoms with E-state index in [4.69, 9.17) is 9.73 Å². The summed E-state index contributed by atoms with van der Waals surface area (Å²) in [6.07, 6.45) is 6.45. The second-order valence-corrected chi connectivity index (χ2v) is 10.8. The lowest BCUT2D eigenvalue weighted by atomic mass is 10.1. The Bertz CT molecular complexity index is 1220. The van der Waals surface area contributed by atoms with E-state index in [1.807, 2.05) is 72.8 Å². The molecular weight excluding hydrogens is 506 g/mol. The van der Waals surface area contributed by atoms with Crippen LogP contribution in [0.15, 0.2) is 89.9 Å². The van der Waals surface area contributed by atoms with Crippen LogP contribution >= 0.6 is 11.8 Å². The summed E-state index contributed by atoms with van der Waals surface area (Å²) in [5, 5.41) is 2.98. The van der Waals surface area contributed by atoms with E-state index in [1.165, 1.54) is 36.6 Å². The van der Waals surface area contributed by atoms with Gasteiger partial charge in [-0.1, -0.05) is 86.5 Å². The maximum absolute atomic E-state index is 13.3. The topological polar surface area (TPSA) is 71.0 Å². The number of aliphatic imine (C=N–C) groups is 1. The Morgan fingerprint density at radius 3 is 2.38 bits per heavy atom. The molecule has 4 rings (SSSR count). The van der Waals surface area contributed by atoms with Gasteiger partial charge in [-0.25, -0.2) is 4.99 Å². The summed E-state index contributed by atoms with van der Waals surface area (Å²) in [7, 11) is 0. The fourth-order valence-electron chi connectivity index (χ4n) is 4.34. The molecule has 1 fully saturated rings. The first-order chi connectivity index (χ1) is 19.1. The van der Waals surface area contributed by atoms with E-state index in [0.717, 1.165) is 30.7 Å². The normalized spacial score (nSPS) is 16.3. The fraction of sp³-hybridized carbons (Fsp3) is 0.344. The maximum Gasteiger partial charge on any atom is 0.238 e. The smallest absolute Gasteiger partial charge is 0.238 e. The molecule has 0 saturated carbocycles. The minimum Gasteiger partial charge on any atom is -0.494 e. The van der Waals surface area contributed by atoms with Crippen LogP contribution in [0, 0.1) is 0 Å². The summed E-state index contributed by atoms with van der Waals surface area (Å²) in [4.78, 5) is 32.9. The summed E-state index contributed by atoms with van der Waals surface area (Å²) in [5.41, 5.74) is 2.67. The number of carbonyl (C=O) groups is 2. The number of hydrogen-bond donors (Lipinski definition) is 1. The SMILES string of the molecule is CCCCCCOc1ccc(NC(=O)C2CC(=O)N(CCCc3ccccc3)C(=Nc3ccccc3)S2)cc1. The van der Waals surface area contributed by atoms with Crippen molar-refractivity contribution in [2.45, 2.75) is 57.1 Å². The molecule has 7 heteroatoms. The Hall–Kier alpha value is -3.58. The molecule has 1 aliphatic rings. The summed E-state index contributed by atoms with van der Waals surface area (Å²) < 4.78 is 5.80. The van der Waals surface area contributed by atoms with Gasteiger partial charge in [0.2, 0.25) is 11.8 Å². The molecule has 39 heavy (non-hydrogen) atoms. The highest BCUT2D eigenvalue weighted by molar-refractivity contribution is 8.15. The number of hydrogen-bond acceptors (Lipinski definition) is 5. The van der Waals surface area contributed by atoms with Crippen LogP contribution in [0.4, 0.5) is 11.4 Å². The van der Waals surface area contributed by atoms with E-state index >= 15 is 0 Å². The molecule has 3 aromatic carbocycles. The van der Waals surface area contributed by atoms with E-state index in [2.05, 4.69) is 24.4 Å². The third-order valence-electron chi connectivity index (χ3n) is 6.49. The van der Waals surface area contributed by atoms with Crippen molar-refractivity contribution < 1.29 is 14.3 Å². The number of unbranched alkanes of at least 4 members (excludes halogenated alkanes) is 3. The van der Waals surface area contributed by atoms with Crippen molar-refractivity contribution >= 4 is 40.1 Å². The lowest BCUT2D eigenvalue weighted by molar-refractivity contribution is -0.129. The zero-order chi connectivity index (χ0) is 27.3. The molecule has 1 heterocycles. The molecule has 6 nitrogen and oxygen atoms in total. The van der Waals surface area contributed by atoms with Crippen LogP contribution in [0.5, 0.6) is 5.75 Å². The number of thioether (sulfide) groups is 1. The third kappa shape index (κ3) is 8.99. The fourth-order valence-corrected chi connectivity index (χ4v) is 5.46. The molecule has 0 aliphatic carbocycles. The molecule has 1 unspecified atom stereocenters. The Morgan fingerprint density at radius 1 is 0.949 bits per heavy atom. The number of benzene rings is 3. The van der Waals surface area contributed by atoms with Gasteiger partial charge in [-0.15, -0.1) is 0 Å². The number of amides is 2. The lowest BCUT2D eigenvalue weighted by Gasteiger charge is -2.32. The molecule has 1 atom stereocenters. The highest BCUT2D eigenvalue weighted by Gasteiger charge is 2.35. The second kappa shape index (κ2) is 15.1. The van der Waals surface area contributed by atoms with Gasteiger partial charge in [0.1, 0.15) is 11.0 Å². The molecule has 1 aliphatic heterocycles. The predicted molar refractivity (Wildman–Crippen MR) is 161 cm³/mol. The summed E-state index contributed by atoms with van der Waals surface area (Å²) >= 11 is 1.35. The van der Waals surface area contributed by atoms with Gasteiger partial charge < -0.3 is 10.1 Å².